The lowest BCUT2D eigenvalue weighted by Crippen LogP contribution is -2.71. The highest BCUT2D eigenvalue weighted by Crippen LogP contribution is 2.49. The van der Waals surface area contributed by atoms with Crippen molar-refractivity contribution in [3.63, 3.8) is 0 Å². The molecule has 4 aliphatic heterocycles. The van der Waals surface area contributed by atoms with Gasteiger partial charge in [-0.1, -0.05) is 42.5 Å². The fraction of sp³-hybridized carbons (Fsp3) is 0.500. The minimum atomic E-state index is -4.70. The maximum Gasteiger partial charge on any atom is 0.460 e. The Labute approximate surface area is 269 Å². The van der Waals surface area contributed by atoms with Gasteiger partial charge in [0.25, 0.3) is 11.8 Å². The number of hydrogen-bond donors (Lipinski definition) is 2. The van der Waals surface area contributed by atoms with Gasteiger partial charge < -0.3 is 19.9 Å². The van der Waals surface area contributed by atoms with Crippen LogP contribution in [0.2, 0.25) is 0 Å². The van der Waals surface area contributed by atoms with E-state index < -0.39 is 66.3 Å². The molecule has 10 nitrogen and oxygen atoms in total. The van der Waals surface area contributed by atoms with Gasteiger partial charge in [0.2, 0.25) is 17.5 Å². The zero-order valence-corrected chi connectivity index (χ0v) is 26.0. The van der Waals surface area contributed by atoms with Crippen LogP contribution in [0.5, 0.6) is 0 Å². The molecule has 47 heavy (non-hydrogen) atoms. The van der Waals surface area contributed by atoms with Gasteiger partial charge in [0.05, 0.1) is 5.92 Å². The Balaban J connectivity index is 1.11. The van der Waals surface area contributed by atoms with E-state index in [2.05, 4.69) is 5.32 Å². The lowest BCUT2D eigenvalue weighted by molar-refractivity contribution is -0.315. The van der Waals surface area contributed by atoms with Gasteiger partial charge in [-0.05, 0) is 55.4 Å². The Bertz CT molecular complexity index is 1800. The van der Waals surface area contributed by atoms with Gasteiger partial charge in [0.15, 0.2) is 0 Å². The quantitative estimate of drug-likeness (QED) is 0.421. The summed E-state index contributed by atoms with van der Waals surface area (Å²) in [4.78, 5) is 45.0. The number of alkyl halides is 3. The number of rotatable bonds is 4. The number of carbonyl (C=O) groups is 3. The molecule has 1 aromatic heterocycles. The molecule has 7 atom stereocenters. The Hall–Kier alpha value is -3.94. The van der Waals surface area contributed by atoms with Gasteiger partial charge in [0, 0.05) is 55.6 Å². The predicted octanol–water partition coefficient (Wildman–Crippen LogP) is 2.98. The first-order chi connectivity index (χ1) is 22.3. The van der Waals surface area contributed by atoms with Crippen LogP contribution in [0.1, 0.15) is 48.8 Å². The van der Waals surface area contributed by atoms with Gasteiger partial charge >= 0.3 is 6.30 Å². The van der Waals surface area contributed by atoms with E-state index in [1.54, 1.807) is 0 Å². The second kappa shape index (κ2) is 10.3. The zero-order chi connectivity index (χ0) is 33.0. The number of carbonyl (C=O) groups excluding carboxylic acids is 3. The van der Waals surface area contributed by atoms with E-state index in [4.69, 9.17) is 4.74 Å². The van der Waals surface area contributed by atoms with Crippen LogP contribution in [-0.2, 0) is 39.0 Å². The van der Waals surface area contributed by atoms with Crippen molar-refractivity contribution in [3.8, 4) is 0 Å². The van der Waals surface area contributed by atoms with E-state index in [-0.39, 0.29) is 25.2 Å². The molecule has 0 saturated carbocycles. The summed E-state index contributed by atoms with van der Waals surface area (Å²) in [6, 6.07) is 11.9. The van der Waals surface area contributed by atoms with Gasteiger partial charge in [-0.3, -0.25) is 24.0 Å². The minimum absolute atomic E-state index is 0.115. The third-order valence-electron chi connectivity index (χ3n) is 11.0. The summed E-state index contributed by atoms with van der Waals surface area (Å²) >= 11 is 0. The molecule has 1 unspecified atom stereocenters. The molecular weight excluding hydrogens is 615 g/mol. The van der Waals surface area contributed by atoms with E-state index in [0.29, 0.717) is 24.3 Å². The number of piperazine rings is 1. The van der Waals surface area contributed by atoms with Crippen molar-refractivity contribution in [2.75, 3.05) is 13.1 Å². The number of nitrogens with zero attached hydrogens (tertiary/aromatic N) is 4. The van der Waals surface area contributed by atoms with Crippen LogP contribution < -0.4 is 5.32 Å². The first-order valence-electron chi connectivity index (χ1n) is 16.1. The monoisotopic (exact) mass is 651 g/mol. The van der Waals surface area contributed by atoms with Crippen molar-refractivity contribution in [1.82, 2.24) is 24.6 Å². The second-order valence-corrected chi connectivity index (χ2v) is 13.8. The molecule has 4 fully saturated rings. The molecule has 5 aliphatic rings. The molecule has 248 valence electrons. The summed E-state index contributed by atoms with van der Waals surface area (Å²) in [6.45, 7) is 1.11. The summed E-state index contributed by atoms with van der Waals surface area (Å²) in [5.74, 6) is -5.85. The average molecular weight is 652 g/mol. The number of halogens is 3. The van der Waals surface area contributed by atoms with Crippen LogP contribution in [0.4, 0.5) is 13.2 Å². The van der Waals surface area contributed by atoms with E-state index in [0.717, 1.165) is 32.5 Å². The van der Waals surface area contributed by atoms with Gasteiger partial charge in [-0.2, -0.15) is 13.2 Å². The number of benzene rings is 2. The Kier molecular flexibility index (Phi) is 6.65. The highest BCUT2D eigenvalue weighted by Gasteiger charge is 2.70. The highest BCUT2D eigenvalue weighted by atomic mass is 19.4. The minimum Gasteiger partial charge on any atom is -0.350 e. The van der Waals surface area contributed by atoms with Crippen molar-refractivity contribution >= 4 is 28.6 Å². The van der Waals surface area contributed by atoms with E-state index in [1.165, 1.54) is 11.8 Å². The summed E-state index contributed by atoms with van der Waals surface area (Å²) in [6.07, 6.45) is -1.39. The van der Waals surface area contributed by atoms with Gasteiger partial charge in [-0.25, -0.2) is 4.90 Å². The predicted molar refractivity (Wildman–Crippen MR) is 162 cm³/mol. The molecule has 4 saturated heterocycles. The summed E-state index contributed by atoms with van der Waals surface area (Å²) < 4.78 is 51.9. The number of aryl methyl sites for hydroxylation is 1. The number of nitrogens with one attached hydrogen (secondary N) is 1. The zero-order valence-electron chi connectivity index (χ0n) is 26.0. The summed E-state index contributed by atoms with van der Waals surface area (Å²) in [5, 5.41) is 15.6. The number of amides is 3. The van der Waals surface area contributed by atoms with E-state index in [9.17, 15) is 32.7 Å². The molecule has 3 amide bonds. The largest absolute Gasteiger partial charge is 0.460 e. The molecule has 0 radical (unpaired) electrons. The highest BCUT2D eigenvalue weighted by molar-refractivity contribution is 5.97. The topological polar surface area (TPSA) is 107 Å². The van der Waals surface area contributed by atoms with Crippen LogP contribution in [0, 0.1) is 5.92 Å². The molecule has 8 rings (SSSR count). The van der Waals surface area contributed by atoms with Crippen LogP contribution in [-0.4, -0.2) is 91.2 Å². The number of aromatic nitrogens is 1. The van der Waals surface area contributed by atoms with Gasteiger partial charge in [0.1, 0.15) is 12.1 Å². The molecule has 1 aliphatic carbocycles. The first-order valence-corrected chi connectivity index (χ1v) is 16.1. The maximum absolute atomic E-state index is 14.6. The molecule has 5 heterocycles. The Morgan fingerprint density at radius 2 is 1.89 bits per heavy atom. The normalized spacial score (nSPS) is 33.6. The van der Waals surface area contributed by atoms with E-state index >= 15 is 0 Å². The number of ether oxygens (including phenoxy) is 1. The molecular formula is C34H36F3N5O5. The van der Waals surface area contributed by atoms with Crippen LogP contribution in [0.3, 0.4) is 0 Å². The number of hydrogen-bond acceptors (Lipinski definition) is 6. The third kappa shape index (κ3) is 4.46. The fourth-order valence-electron chi connectivity index (χ4n) is 8.97. The van der Waals surface area contributed by atoms with Crippen molar-refractivity contribution < 1.29 is 37.4 Å². The first kappa shape index (κ1) is 30.4. The lowest BCUT2D eigenvalue weighted by Gasteiger charge is -2.48. The molecule has 2 aromatic carbocycles. The van der Waals surface area contributed by atoms with E-state index in [1.807, 2.05) is 66.3 Å². The van der Waals surface area contributed by atoms with Crippen molar-refractivity contribution in [1.29, 1.82) is 0 Å². The molecule has 0 bridgehead atoms. The third-order valence-corrected chi connectivity index (χ3v) is 11.0. The number of fused-ring (bicyclic) bond motifs is 5. The lowest BCUT2D eigenvalue weighted by atomic mass is 9.72. The Morgan fingerprint density at radius 3 is 2.64 bits per heavy atom. The standard InChI is InChI=1S/C34H36F3N5O5/c1-32(31(45)42-26(14-19-8-4-3-5-9-19)30(44)40-13-7-12-27(40)33(42,46)47-32)38-29(43)21-15-23-22-10-6-11-24-28(22)20(17-39(24)2)16-25(23)41(18-21)34(35,36)37/h3-6,8-11,17,21,23,25-27,46H,7,12-16,18H2,1-2H3,(H,38,43)/t21?,23-,25-,26+,27+,32-,33+/m1/s1. The summed E-state index contributed by atoms with van der Waals surface area (Å²) in [5.41, 5.74) is 1.20. The number of piperidine rings is 1. The fourth-order valence-corrected chi connectivity index (χ4v) is 8.97. The SMILES string of the molecule is Cn1cc2c3c(cccc31)[C@H]1CC(C(=O)N[C@]3(C)O[C@@]4(O)[C@@H]5CCCN5C(=O)[C@H](Cc5ccccc5)N4C3=O)CN(C(F)(F)F)[C@@H]1C2. The second-order valence-electron chi connectivity index (χ2n) is 13.8. The van der Waals surface area contributed by atoms with Crippen LogP contribution >= 0.6 is 0 Å². The number of likely N-dealkylation sites (tertiary alicyclic amines) is 1. The van der Waals surface area contributed by atoms with Crippen LogP contribution in [0.25, 0.3) is 10.9 Å². The molecule has 0 spiro atoms. The maximum atomic E-state index is 14.6. The summed E-state index contributed by atoms with van der Waals surface area (Å²) in [7, 11) is 1.87. The van der Waals surface area contributed by atoms with Crippen molar-refractivity contribution in [2.45, 2.75) is 81.0 Å². The van der Waals surface area contributed by atoms with Crippen LogP contribution in [0.15, 0.2) is 54.7 Å². The Morgan fingerprint density at radius 1 is 1.13 bits per heavy atom. The smallest absolute Gasteiger partial charge is 0.350 e. The molecule has 2 N–H and O–H groups in total. The molecule has 13 heteroatoms. The molecule has 3 aromatic rings. The van der Waals surface area contributed by atoms with Gasteiger partial charge in [-0.15, -0.1) is 0 Å². The average Bonchev–Trinajstić information content (AvgIpc) is 3.70. The number of aliphatic hydroxyl groups is 1. The van der Waals surface area contributed by atoms with Crippen molar-refractivity contribution in [3.05, 3.63) is 71.4 Å². The van der Waals surface area contributed by atoms with Crippen molar-refractivity contribution in [2.24, 2.45) is 13.0 Å².